The maximum absolute atomic E-state index is 12.9. The first kappa shape index (κ1) is 15.0. The van der Waals surface area contributed by atoms with Crippen molar-refractivity contribution in [3.05, 3.63) is 43.2 Å². The molecular weight excluding hydrogens is 328 g/mol. The molecule has 0 saturated heterocycles. The standard InChI is InChI=1S/C16H18N4OS2/c1-9(2)14-19-10(7-22-14)6-20-8-18-15-13(16(20)21)11-3-4-17-5-12(11)23-15/h7-9,17H,3-6H2,1-2H3. The average molecular weight is 346 g/mol. The first-order chi connectivity index (χ1) is 11.1. The Morgan fingerprint density at radius 2 is 2.30 bits per heavy atom. The summed E-state index contributed by atoms with van der Waals surface area (Å²) in [6.07, 6.45) is 2.57. The monoisotopic (exact) mass is 346 g/mol. The molecule has 23 heavy (non-hydrogen) atoms. The molecule has 120 valence electrons. The van der Waals surface area contributed by atoms with Crippen molar-refractivity contribution in [1.29, 1.82) is 0 Å². The van der Waals surface area contributed by atoms with E-state index >= 15 is 0 Å². The van der Waals surface area contributed by atoms with Crippen molar-refractivity contribution in [3.8, 4) is 0 Å². The Bertz CT molecular complexity index is 922. The molecule has 0 saturated carbocycles. The van der Waals surface area contributed by atoms with Crippen molar-refractivity contribution in [2.45, 2.75) is 39.3 Å². The number of thiazole rings is 1. The lowest BCUT2D eigenvalue weighted by molar-refractivity contribution is 0.655. The quantitative estimate of drug-likeness (QED) is 0.792. The molecule has 0 radical (unpaired) electrons. The van der Waals surface area contributed by atoms with Crippen LogP contribution in [0.3, 0.4) is 0 Å². The number of hydrogen-bond acceptors (Lipinski definition) is 6. The summed E-state index contributed by atoms with van der Waals surface area (Å²) in [5.74, 6) is 0.419. The van der Waals surface area contributed by atoms with Gasteiger partial charge in [0, 0.05) is 22.7 Å². The summed E-state index contributed by atoms with van der Waals surface area (Å²) in [5.41, 5.74) is 2.19. The summed E-state index contributed by atoms with van der Waals surface area (Å²) in [7, 11) is 0. The molecule has 1 N–H and O–H groups in total. The largest absolute Gasteiger partial charge is 0.312 e. The van der Waals surface area contributed by atoms with Gasteiger partial charge in [-0.25, -0.2) is 9.97 Å². The predicted octanol–water partition coefficient (Wildman–Crippen LogP) is 2.73. The van der Waals surface area contributed by atoms with Gasteiger partial charge in [-0.15, -0.1) is 22.7 Å². The van der Waals surface area contributed by atoms with Gasteiger partial charge < -0.3 is 5.32 Å². The molecule has 0 aromatic carbocycles. The molecule has 0 fully saturated rings. The second kappa shape index (κ2) is 5.81. The second-order valence-electron chi connectivity index (χ2n) is 6.12. The van der Waals surface area contributed by atoms with Gasteiger partial charge in [-0.05, 0) is 18.5 Å². The summed E-state index contributed by atoms with van der Waals surface area (Å²) < 4.78 is 1.69. The van der Waals surface area contributed by atoms with E-state index in [1.807, 2.05) is 5.38 Å². The molecule has 0 unspecified atom stereocenters. The minimum absolute atomic E-state index is 0.0634. The van der Waals surface area contributed by atoms with Crippen LogP contribution in [0.4, 0.5) is 0 Å². The van der Waals surface area contributed by atoms with Crippen LogP contribution in [0, 0.1) is 0 Å². The molecule has 0 amide bonds. The summed E-state index contributed by atoms with van der Waals surface area (Å²) in [5, 5.41) is 7.32. The highest BCUT2D eigenvalue weighted by Gasteiger charge is 2.20. The third-order valence-corrected chi connectivity index (χ3v) is 6.43. The first-order valence-electron chi connectivity index (χ1n) is 7.78. The molecule has 1 aliphatic rings. The highest BCUT2D eigenvalue weighted by atomic mass is 32.1. The molecule has 3 aromatic rings. The van der Waals surface area contributed by atoms with Crippen LogP contribution in [-0.2, 0) is 19.5 Å². The Morgan fingerprint density at radius 3 is 3.09 bits per heavy atom. The molecule has 0 atom stereocenters. The Kier molecular flexibility index (Phi) is 3.79. The van der Waals surface area contributed by atoms with Crippen LogP contribution >= 0.6 is 22.7 Å². The van der Waals surface area contributed by atoms with Crippen molar-refractivity contribution >= 4 is 32.9 Å². The minimum Gasteiger partial charge on any atom is -0.312 e. The van der Waals surface area contributed by atoms with Crippen LogP contribution in [0.15, 0.2) is 16.5 Å². The van der Waals surface area contributed by atoms with E-state index in [4.69, 9.17) is 0 Å². The summed E-state index contributed by atoms with van der Waals surface area (Å²) in [6, 6.07) is 0. The summed E-state index contributed by atoms with van der Waals surface area (Å²) in [6.45, 7) is 6.53. The van der Waals surface area contributed by atoms with Crippen molar-refractivity contribution in [3.63, 3.8) is 0 Å². The zero-order valence-electron chi connectivity index (χ0n) is 13.1. The zero-order chi connectivity index (χ0) is 16.0. The molecule has 3 aromatic heterocycles. The Labute approximate surface area is 142 Å². The van der Waals surface area contributed by atoms with E-state index in [0.29, 0.717) is 12.5 Å². The molecule has 5 nitrogen and oxygen atoms in total. The lowest BCUT2D eigenvalue weighted by atomic mass is 10.1. The highest BCUT2D eigenvalue weighted by Crippen LogP contribution is 2.29. The third kappa shape index (κ3) is 2.62. The smallest absolute Gasteiger partial charge is 0.262 e. The fraction of sp³-hybridized carbons (Fsp3) is 0.438. The molecule has 4 heterocycles. The maximum atomic E-state index is 12.9. The van der Waals surface area contributed by atoms with Crippen molar-refractivity contribution in [2.24, 2.45) is 0 Å². The van der Waals surface area contributed by atoms with Gasteiger partial charge in [-0.3, -0.25) is 9.36 Å². The van der Waals surface area contributed by atoms with Crippen LogP contribution in [0.1, 0.15) is 40.9 Å². The molecular formula is C16H18N4OS2. The van der Waals surface area contributed by atoms with Gasteiger partial charge in [0.2, 0.25) is 0 Å². The SMILES string of the molecule is CC(C)c1nc(Cn2cnc3sc4c(c3c2=O)CCNC4)cs1. The lowest BCUT2D eigenvalue weighted by Gasteiger charge is -2.12. The van der Waals surface area contributed by atoms with Crippen LogP contribution in [0.2, 0.25) is 0 Å². The zero-order valence-corrected chi connectivity index (χ0v) is 14.8. The Balaban J connectivity index is 1.75. The molecule has 0 bridgehead atoms. The van der Waals surface area contributed by atoms with E-state index in [-0.39, 0.29) is 5.56 Å². The topological polar surface area (TPSA) is 59.8 Å². The van der Waals surface area contributed by atoms with Gasteiger partial charge in [0.15, 0.2) is 0 Å². The van der Waals surface area contributed by atoms with Gasteiger partial charge in [0.25, 0.3) is 5.56 Å². The van der Waals surface area contributed by atoms with E-state index in [1.54, 1.807) is 33.6 Å². The summed E-state index contributed by atoms with van der Waals surface area (Å²) >= 11 is 3.29. The van der Waals surface area contributed by atoms with E-state index in [2.05, 4.69) is 29.1 Å². The Morgan fingerprint density at radius 1 is 1.43 bits per heavy atom. The van der Waals surface area contributed by atoms with Crippen LogP contribution < -0.4 is 10.9 Å². The molecule has 0 spiro atoms. The maximum Gasteiger partial charge on any atom is 0.262 e. The number of nitrogens with one attached hydrogen (secondary N) is 1. The van der Waals surface area contributed by atoms with E-state index in [1.165, 1.54) is 10.4 Å². The number of thiophene rings is 1. The van der Waals surface area contributed by atoms with E-state index < -0.39 is 0 Å². The van der Waals surface area contributed by atoms with Gasteiger partial charge in [0.1, 0.15) is 4.83 Å². The molecule has 1 aliphatic heterocycles. The number of aromatic nitrogens is 3. The first-order valence-corrected chi connectivity index (χ1v) is 9.48. The van der Waals surface area contributed by atoms with Crippen molar-refractivity contribution in [2.75, 3.05) is 6.54 Å². The fourth-order valence-corrected chi connectivity index (χ4v) is 4.87. The van der Waals surface area contributed by atoms with Crippen LogP contribution in [0.25, 0.3) is 10.2 Å². The van der Waals surface area contributed by atoms with E-state index in [0.717, 1.165) is 40.4 Å². The number of hydrogen-bond donors (Lipinski definition) is 1. The van der Waals surface area contributed by atoms with Crippen molar-refractivity contribution < 1.29 is 0 Å². The number of fused-ring (bicyclic) bond motifs is 3. The van der Waals surface area contributed by atoms with Crippen molar-refractivity contribution in [1.82, 2.24) is 19.9 Å². The lowest BCUT2D eigenvalue weighted by Crippen LogP contribution is -2.25. The highest BCUT2D eigenvalue weighted by molar-refractivity contribution is 7.18. The summed E-state index contributed by atoms with van der Waals surface area (Å²) in [4.78, 5) is 24.1. The molecule has 7 heteroatoms. The number of rotatable bonds is 3. The van der Waals surface area contributed by atoms with E-state index in [9.17, 15) is 4.79 Å². The van der Waals surface area contributed by atoms with Gasteiger partial charge >= 0.3 is 0 Å². The molecule has 0 aliphatic carbocycles. The normalized spacial score (nSPS) is 14.6. The fourth-order valence-electron chi connectivity index (χ4n) is 2.90. The van der Waals surface area contributed by atoms with Gasteiger partial charge in [0.05, 0.1) is 29.0 Å². The number of nitrogens with zero attached hydrogens (tertiary/aromatic N) is 3. The van der Waals surface area contributed by atoms with Gasteiger partial charge in [-0.2, -0.15) is 0 Å². The molecule has 4 rings (SSSR count). The predicted molar refractivity (Wildman–Crippen MR) is 94.6 cm³/mol. The van der Waals surface area contributed by atoms with Crippen LogP contribution in [-0.4, -0.2) is 21.1 Å². The minimum atomic E-state index is 0.0634. The van der Waals surface area contributed by atoms with Gasteiger partial charge in [-0.1, -0.05) is 13.8 Å². The third-order valence-electron chi connectivity index (χ3n) is 4.09. The van der Waals surface area contributed by atoms with Crippen LogP contribution in [0.5, 0.6) is 0 Å². The average Bonchev–Trinajstić information content (AvgIpc) is 3.14. The second-order valence-corrected chi connectivity index (χ2v) is 8.09. The Hall–Kier alpha value is -1.57.